The van der Waals surface area contributed by atoms with Crippen LogP contribution >= 0.6 is 0 Å². The number of benzene rings is 2. The van der Waals surface area contributed by atoms with E-state index in [2.05, 4.69) is 35.5 Å². The van der Waals surface area contributed by atoms with Gasteiger partial charge in [-0.05, 0) is 68.0 Å². The molecular formula is C25H26N4O3. The van der Waals surface area contributed by atoms with Gasteiger partial charge >= 0.3 is 0 Å². The number of carbonyl (C=O) groups is 3. The summed E-state index contributed by atoms with van der Waals surface area (Å²) in [5.74, 6) is -0.479. The van der Waals surface area contributed by atoms with Crippen LogP contribution in [-0.2, 0) is 11.3 Å². The molecule has 0 radical (unpaired) electrons. The molecule has 164 valence electrons. The number of hydrogen-bond donors (Lipinski definition) is 0. The van der Waals surface area contributed by atoms with Gasteiger partial charge in [0.1, 0.15) is 6.54 Å². The summed E-state index contributed by atoms with van der Waals surface area (Å²) in [7, 11) is 0. The standard InChI is InChI=1S/C25H26N4O3/c1-16-11-21-22(12-17(16)2)28(15-26-21)13-18-7-9-27(10-8-18)23(30)14-29-24(31)19-5-3-4-6-20(19)25(29)32/h3-6,11-12,15,18H,7-10,13-14H2,1-2H3. The molecule has 0 N–H and O–H groups in total. The van der Waals surface area contributed by atoms with Crippen LogP contribution in [0.1, 0.15) is 44.7 Å². The van der Waals surface area contributed by atoms with Crippen LogP contribution in [0.4, 0.5) is 0 Å². The van der Waals surface area contributed by atoms with Crippen LogP contribution in [0.2, 0.25) is 0 Å². The van der Waals surface area contributed by atoms with Crippen molar-refractivity contribution in [2.24, 2.45) is 5.92 Å². The number of carbonyl (C=O) groups excluding carboxylic acids is 3. The number of rotatable bonds is 4. The number of piperidine rings is 1. The van der Waals surface area contributed by atoms with Crippen molar-refractivity contribution in [1.82, 2.24) is 19.4 Å². The lowest BCUT2D eigenvalue weighted by atomic mass is 9.96. The second-order valence-electron chi connectivity index (χ2n) is 8.89. The first-order chi connectivity index (χ1) is 15.4. The molecule has 1 aromatic heterocycles. The number of nitrogens with zero attached hydrogens (tertiary/aromatic N) is 4. The van der Waals surface area contributed by atoms with E-state index in [0.29, 0.717) is 30.1 Å². The van der Waals surface area contributed by atoms with Gasteiger partial charge in [0.25, 0.3) is 11.8 Å². The van der Waals surface area contributed by atoms with Crippen LogP contribution in [0.3, 0.4) is 0 Å². The van der Waals surface area contributed by atoms with Crippen molar-refractivity contribution < 1.29 is 14.4 Å². The highest BCUT2D eigenvalue weighted by atomic mass is 16.2. The van der Waals surface area contributed by atoms with E-state index in [0.717, 1.165) is 35.3 Å². The van der Waals surface area contributed by atoms with Gasteiger partial charge in [0.05, 0.1) is 28.5 Å². The molecule has 0 saturated carbocycles. The Balaban J connectivity index is 1.19. The maximum Gasteiger partial charge on any atom is 0.262 e. The largest absolute Gasteiger partial charge is 0.341 e. The van der Waals surface area contributed by atoms with E-state index >= 15 is 0 Å². The Morgan fingerprint density at radius 2 is 1.62 bits per heavy atom. The van der Waals surface area contributed by atoms with Crippen molar-refractivity contribution in [3.8, 4) is 0 Å². The number of imidazole rings is 1. The lowest BCUT2D eigenvalue weighted by Crippen LogP contribution is -2.46. The number of imide groups is 1. The maximum atomic E-state index is 12.8. The molecule has 0 aliphatic carbocycles. The van der Waals surface area contributed by atoms with Gasteiger partial charge in [-0.25, -0.2) is 4.98 Å². The van der Waals surface area contributed by atoms with Gasteiger partial charge in [-0.3, -0.25) is 19.3 Å². The summed E-state index contributed by atoms with van der Waals surface area (Å²) in [4.78, 5) is 45.3. The maximum absolute atomic E-state index is 12.8. The monoisotopic (exact) mass is 430 g/mol. The molecule has 0 atom stereocenters. The van der Waals surface area contributed by atoms with Crippen LogP contribution in [0, 0.1) is 19.8 Å². The molecule has 1 fully saturated rings. The summed E-state index contributed by atoms with van der Waals surface area (Å²) in [6, 6.07) is 11.0. The number of amides is 3. The zero-order chi connectivity index (χ0) is 22.4. The highest BCUT2D eigenvalue weighted by Gasteiger charge is 2.37. The average molecular weight is 431 g/mol. The first kappa shape index (κ1) is 20.4. The number of likely N-dealkylation sites (tertiary alicyclic amines) is 1. The quantitative estimate of drug-likeness (QED) is 0.596. The molecule has 1 saturated heterocycles. The smallest absolute Gasteiger partial charge is 0.262 e. The SMILES string of the molecule is Cc1cc2ncn(CC3CCN(C(=O)CN4C(=O)c5ccccc5C4=O)CC3)c2cc1C. The van der Waals surface area contributed by atoms with E-state index < -0.39 is 0 Å². The zero-order valence-electron chi connectivity index (χ0n) is 18.4. The summed E-state index contributed by atoms with van der Waals surface area (Å²) in [6.45, 7) is 6.17. The third-order valence-electron chi connectivity index (χ3n) is 6.83. The van der Waals surface area contributed by atoms with Crippen molar-refractivity contribution in [1.29, 1.82) is 0 Å². The Labute approximate surface area is 186 Å². The minimum absolute atomic E-state index is 0.169. The summed E-state index contributed by atoms with van der Waals surface area (Å²) in [5, 5.41) is 0. The molecule has 5 rings (SSSR count). The van der Waals surface area contributed by atoms with Crippen LogP contribution in [0.5, 0.6) is 0 Å². The van der Waals surface area contributed by atoms with Crippen LogP contribution < -0.4 is 0 Å². The number of aryl methyl sites for hydroxylation is 2. The normalized spacial score (nSPS) is 16.8. The van der Waals surface area contributed by atoms with Crippen molar-refractivity contribution in [3.05, 3.63) is 65.0 Å². The predicted molar refractivity (Wildman–Crippen MR) is 120 cm³/mol. The van der Waals surface area contributed by atoms with Crippen LogP contribution in [0.15, 0.2) is 42.7 Å². The van der Waals surface area contributed by atoms with Gasteiger partial charge in [0.2, 0.25) is 5.91 Å². The Kier molecular flexibility index (Phi) is 5.04. The first-order valence-corrected chi connectivity index (χ1v) is 11.1. The van der Waals surface area contributed by atoms with E-state index in [4.69, 9.17) is 0 Å². The molecule has 2 aromatic carbocycles. The summed E-state index contributed by atoms with van der Waals surface area (Å²) < 4.78 is 2.21. The highest BCUT2D eigenvalue weighted by Crippen LogP contribution is 2.25. The van der Waals surface area contributed by atoms with E-state index in [1.165, 1.54) is 11.1 Å². The number of hydrogen-bond acceptors (Lipinski definition) is 4. The van der Waals surface area contributed by atoms with Gasteiger partial charge in [-0.2, -0.15) is 0 Å². The summed E-state index contributed by atoms with van der Waals surface area (Å²) in [5.41, 5.74) is 5.42. The molecule has 32 heavy (non-hydrogen) atoms. The van der Waals surface area contributed by atoms with Gasteiger partial charge in [-0.15, -0.1) is 0 Å². The lowest BCUT2D eigenvalue weighted by molar-refractivity contribution is -0.132. The first-order valence-electron chi connectivity index (χ1n) is 11.1. The number of fused-ring (bicyclic) bond motifs is 2. The molecule has 0 unspecified atom stereocenters. The molecule has 0 spiro atoms. The molecule has 3 aromatic rings. The second-order valence-corrected chi connectivity index (χ2v) is 8.89. The lowest BCUT2D eigenvalue weighted by Gasteiger charge is -2.33. The van der Waals surface area contributed by atoms with Gasteiger partial charge in [-0.1, -0.05) is 12.1 Å². The topological polar surface area (TPSA) is 75.5 Å². The van der Waals surface area contributed by atoms with Gasteiger partial charge < -0.3 is 9.47 Å². The molecule has 2 aliphatic rings. The van der Waals surface area contributed by atoms with Gasteiger partial charge in [0.15, 0.2) is 0 Å². The zero-order valence-corrected chi connectivity index (χ0v) is 18.4. The fourth-order valence-electron chi connectivity index (χ4n) is 4.72. The Bertz CT molecular complexity index is 1200. The van der Waals surface area contributed by atoms with E-state index in [1.807, 2.05) is 6.33 Å². The third-order valence-corrected chi connectivity index (χ3v) is 6.83. The molecule has 7 heteroatoms. The minimum Gasteiger partial charge on any atom is -0.341 e. The number of aromatic nitrogens is 2. The fourth-order valence-corrected chi connectivity index (χ4v) is 4.72. The van der Waals surface area contributed by atoms with Gasteiger partial charge in [0, 0.05) is 19.6 Å². The third kappa shape index (κ3) is 3.47. The van der Waals surface area contributed by atoms with Crippen molar-refractivity contribution >= 4 is 28.8 Å². The van der Waals surface area contributed by atoms with E-state index in [9.17, 15) is 14.4 Å². The Morgan fingerprint density at radius 1 is 1.00 bits per heavy atom. The molecule has 2 aliphatic heterocycles. The Morgan fingerprint density at radius 3 is 2.28 bits per heavy atom. The van der Waals surface area contributed by atoms with E-state index in [1.54, 1.807) is 29.2 Å². The molecular weight excluding hydrogens is 404 g/mol. The second kappa shape index (κ2) is 7.89. The molecule has 7 nitrogen and oxygen atoms in total. The fraction of sp³-hybridized carbons (Fsp3) is 0.360. The Hall–Kier alpha value is -3.48. The highest BCUT2D eigenvalue weighted by molar-refractivity contribution is 6.22. The van der Waals surface area contributed by atoms with Crippen molar-refractivity contribution in [2.45, 2.75) is 33.2 Å². The minimum atomic E-state index is -0.383. The molecule has 3 amide bonds. The predicted octanol–water partition coefficient (Wildman–Crippen LogP) is 3.19. The van der Waals surface area contributed by atoms with Crippen LogP contribution in [-0.4, -0.2) is 56.7 Å². The van der Waals surface area contributed by atoms with Crippen LogP contribution in [0.25, 0.3) is 11.0 Å². The average Bonchev–Trinajstić information content (AvgIpc) is 3.28. The van der Waals surface area contributed by atoms with Crippen molar-refractivity contribution in [3.63, 3.8) is 0 Å². The van der Waals surface area contributed by atoms with Crippen molar-refractivity contribution in [2.75, 3.05) is 19.6 Å². The molecule has 3 heterocycles. The summed E-state index contributed by atoms with van der Waals surface area (Å²) in [6.07, 6.45) is 3.68. The van der Waals surface area contributed by atoms with E-state index in [-0.39, 0.29) is 24.3 Å². The molecule has 0 bridgehead atoms. The summed E-state index contributed by atoms with van der Waals surface area (Å²) >= 11 is 0.